The molecule has 52 heavy (non-hydrogen) atoms. The van der Waals surface area contributed by atoms with Gasteiger partial charge in [0.05, 0.1) is 25.2 Å². The molecule has 0 aliphatic rings. The van der Waals surface area contributed by atoms with Crippen molar-refractivity contribution in [3.8, 4) is 0 Å². The van der Waals surface area contributed by atoms with Crippen LogP contribution in [-0.2, 0) is 9.91 Å². The SMILES string of the molecule is CCC(C)c1cc(C(C)CC)c(C(O)(c2c(C(C)CC)cc(C(C)CC)cc2C(C)CC)C(CO)(CO)CO)c(C(C)CC)c1.OP(O)OP(O)O. The maximum Gasteiger partial charge on any atom is 0.334 e. The lowest BCUT2D eigenvalue weighted by Crippen LogP contribution is -2.56. The molecule has 6 atom stereocenters. The molecular weight excluding hydrogens is 698 g/mol. The van der Waals surface area contributed by atoms with E-state index in [9.17, 15) is 20.4 Å². The van der Waals surface area contributed by atoms with Crippen LogP contribution in [0.25, 0.3) is 0 Å². The van der Waals surface area contributed by atoms with Crippen molar-refractivity contribution < 1.29 is 44.3 Å². The van der Waals surface area contributed by atoms with Crippen molar-refractivity contribution in [2.75, 3.05) is 19.8 Å². The molecule has 6 unspecified atom stereocenters. The van der Waals surface area contributed by atoms with Crippen LogP contribution in [0.3, 0.4) is 0 Å². The Morgan fingerprint density at radius 3 is 0.865 bits per heavy atom. The van der Waals surface area contributed by atoms with E-state index in [1.807, 2.05) is 0 Å². The molecule has 0 saturated heterocycles. The minimum atomic E-state index is -2.61. The molecule has 300 valence electrons. The molecule has 8 N–H and O–H groups in total. The number of aliphatic hydroxyl groups excluding tert-OH is 3. The molecule has 9 nitrogen and oxygen atoms in total. The van der Waals surface area contributed by atoms with Crippen LogP contribution >= 0.6 is 17.2 Å². The van der Waals surface area contributed by atoms with Gasteiger partial charge in [-0.2, -0.15) is 0 Å². The van der Waals surface area contributed by atoms with E-state index in [0.29, 0.717) is 11.8 Å². The quantitative estimate of drug-likeness (QED) is 0.0611. The topological polar surface area (TPSA) is 171 Å². The minimum Gasteiger partial charge on any atom is -0.395 e. The van der Waals surface area contributed by atoms with Crippen molar-refractivity contribution >= 4 is 17.2 Å². The second-order valence-corrected chi connectivity index (χ2v) is 16.7. The summed E-state index contributed by atoms with van der Waals surface area (Å²) >= 11 is 0. The van der Waals surface area contributed by atoms with Gasteiger partial charge in [0.25, 0.3) is 0 Å². The van der Waals surface area contributed by atoms with Crippen LogP contribution < -0.4 is 0 Å². The fourth-order valence-corrected chi connectivity index (χ4v) is 7.47. The second kappa shape index (κ2) is 22.5. The fourth-order valence-electron chi connectivity index (χ4n) is 6.95. The van der Waals surface area contributed by atoms with E-state index in [4.69, 9.17) is 19.6 Å². The molecule has 0 bridgehead atoms. The molecule has 0 aromatic heterocycles. The average Bonchev–Trinajstić information content (AvgIpc) is 3.14. The van der Waals surface area contributed by atoms with Gasteiger partial charge in [-0.3, -0.25) is 0 Å². The average molecular weight is 771 g/mol. The van der Waals surface area contributed by atoms with Crippen molar-refractivity contribution in [3.63, 3.8) is 0 Å². The van der Waals surface area contributed by atoms with Gasteiger partial charge in [0.15, 0.2) is 0 Å². The summed E-state index contributed by atoms with van der Waals surface area (Å²) in [7, 11) is -5.22. The normalized spacial score (nSPS) is 16.9. The summed E-state index contributed by atoms with van der Waals surface area (Å²) in [5.41, 5.74) is 4.82. The first kappa shape index (κ1) is 49.0. The highest BCUT2D eigenvalue weighted by molar-refractivity contribution is 7.53. The second-order valence-electron chi connectivity index (χ2n) is 15.1. The Morgan fingerprint density at radius 2 is 0.712 bits per heavy atom. The van der Waals surface area contributed by atoms with Crippen LogP contribution in [0.1, 0.15) is 202 Å². The summed E-state index contributed by atoms with van der Waals surface area (Å²) in [6.07, 6.45) is 5.51. The van der Waals surface area contributed by atoms with Crippen molar-refractivity contribution in [3.05, 3.63) is 68.8 Å². The van der Waals surface area contributed by atoms with E-state index in [1.165, 1.54) is 11.1 Å². The van der Waals surface area contributed by atoms with Crippen LogP contribution in [0.5, 0.6) is 0 Å². The van der Waals surface area contributed by atoms with Crippen LogP contribution in [-0.4, -0.2) is 59.8 Å². The molecule has 0 aliphatic carbocycles. The number of hydrogen-bond donors (Lipinski definition) is 8. The molecule has 2 aromatic rings. The predicted molar refractivity (Wildman–Crippen MR) is 216 cm³/mol. The summed E-state index contributed by atoms with van der Waals surface area (Å²) < 4.78 is 3.60. The zero-order valence-electron chi connectivity index (χ0n) is 34.0. The van der Waals surface area contributed by atoms with Gasteiger partial charge in [-0.05, 0) is 119 Å². The standard InChI is InChI=1S/C41H68O4.H4O5P2/c1-13-26(7)32-19-34(28(9)15-3)38(35(20-32)29(10)16-4)41(45,40(23-42,24-43)25-44)39-36(30(11)17-5)21-33(27(8)14-2)22-37(39)31(12)18-6;1-6(2)5-7(3)4/h19-22,26-31,42-45H,13-18,23-25H2,1-12H3;1-4H. The van der Waals surface area contributed by atoms with Crippen molar-refractivity contribution in [2.45, 2.75) is 163 Å². The lowest BCUT2D eigenvalue weighted by molar-refractivity contribution is -0.137. The Morgan fingerprint density at radius 1 is 0.481 bits per heavy atom. The Bertz CT molecular complexity index is 1190. The maximum atomic E-state index is 14.1. The molecule has 0 amide bonds. The van der Waals surface area contributed by atoms with Crippen molar-refractivity contribution in [1.29, 1.82) is 0 Å². The summed E-state index contributed by atoms with van der Waals surface area (Å²) in [6.45, 7) is 24.9. The van der Waals surface area contributed by atoms with Crippen LogP contribution in [0.15, 0.2) is 24.3 Å². The van der Waals surface area contributed by atoms with E-state index < -0.39 is 48.0 Å². The number of aliphatic hydroxyl groups is 4. The summed E-state index contributed by atoms with van der Waals surface area (Å²) in [6, 6.07) is 9.13. The smallest absolute Gasteiger partial charge is 0.334 e. The first-order valence-electron chi connectivity index (χ1n) is 19.3. The van der Waals surface area contributed by atoms with Gasteiger partial charge in [0.1, 0.15) is 5.60 Å². The molecule has 0 radical (unpaired) electrons. The van der Waals surface area contributed by atoms with E-state index in [-0.39, 0.29) is 23.7 Å². The molecule has 0 spiro atoms. The Kier molecular flexibility index (Phi) is 21.2. The molecule has 2 aromatic carbocycles. The third-order valence-electron chi connectivity index (χ3n) is 11.9. The van der Waals surface area contributed by atoms with E-state index >= 15 is 0 Å². The number of benzene rings is 2. The Balaban J connectivity index is 0.00000174. The predicted octanol–water partition coefficient (Wildman–Crippen LogP) is 9.39. The van der Waals surface area contributed by atoms with E-state index in [2.05, 4.69) is 112 Å². The van der Waals surface area contributed by atoms with Gasteiger partial charge in [-0.1, -0.05) is 107 Å². The fraction of sp³-hybridized carbons (Fsp3) is 0.707. The molecule has 2 rings (SSSR count). The minimum absolute atomic E-state index is 0.116. The van der Waals surface area contributed by atoms with Gasteiger partial charge in [-0.25, -0.2) is 4.31 Å². The number of hydrogen-bond acceptors (Lipinski definition) is 9. The first-order valence-corrected chi connectivity index (χ1v) is 21.7. The van der Waals surface area contributed by atoms with Gasteiger partial charge in [-0.15, -0.1) is 0 Å². The van der Waals surface area contributed by atoms with Crippen LogP contribution in [0.2, 0.25) is 0 Å². The van der Waals surface area contributed by atoms with Gasteiger partial charge >= 0.3 is 17.2 Å². The Labute approximate surface area is 317 Å². The maximum absolute atomic E-state index is 14.1. The van der Waals surface area contributed by atoms with Crippen molar-refractivity contribution in [2.24, 2.45) is 5.41 Å². The molecule has 0 aliphatic heterocycles. The molecule has 11 heteroatoms. The third kappa shape index (κ3) is 11.0. The van der Waals surface area contributed by atoms with Crippen LogP contribution in [0.4, 0.5) is 0 Å². The van der Waals surface area contributed by atoms with Crippen LogP contribution in [0, 0.1) is 5.41 Å². The molecular formula is C41H72O9P2. The van der Waals surface area contributed by atoms with E-state index in [0.717, 1.165) is 71.9 Å². The summed E-state index contributed by atoms with van der Waals surface area (Å²) in [5.74, 6) is 1.15. The lowest BCUT2D eigenvalue weighted by atomic mass is 9.58. The van der Waals surface area contributed by atoms with Crippen molar-refractivity contribution in [1.82, 2.24) is 0 Å². The largest absolute Gasteiger partial charge is 0.395 e. The highest BCUT2D eigenvalue weighted by Gasteiger charge is 2.56. The monoisotopic (exact) mass is 770 g/mol. The lowest BCUT2D eigenvalue weighted by Gasteiger charge is -2.50. The van der Waals surface area contributed by atoms with Gasteiger partial charge in [0.2, 0.25) is 0 Å². The molecule has 0 fully saturated rings. The highest BCUT2D eigenvalue weighted by Crippen LogP contribution is 2.55. The first-order chi connectivity index (χ1) is 24.4. The third-order valence-corrected chi connectivity index (χ3v) is 13.1. The van der Waals surface area contributed by atoms with E-state index in [1.54, 1.807) is 0 Å². The summed E-state index contributed by atoms with van der Waals surface area (Å²) in [5, 5.41) is 47.8. The highest BCUT2D eigenvalue weighted by atomic mass is 31.2. The molecule has 0 saturated carbocycles. The van der Waals surface area contributed by atoms with Gasteiger partial charge in [0, 0.05) is 0 Å². The zero-order valence-corrected chi connectivity index (χ0v) is 35.8. The Hall–Kier alpha value is -1.06. The summed E-state index contributed by atoms with van der Waals surface area (Å²) in [4.78, 5) is 31.3. The number of rotatable bonds is 20. The molecule has 0 heterocycles. The van der Waals surface area contributed by atoms with Gasteiger partial charge < -0.3 is 40.0 Å². The zero-order chi connectivity index (χ0) is 40.1.